The van der Waals surface area contributed by atoms with Gasteiger partial charge in [-0.15, -0.1) is 0 Å². The predicted molar refractivity (Wildman–Crippen MR) is 149 cm³/mol. The summed E-state index contributed by atoms with van der Waals surface area (Å²) in [5.74, 6) is -0.115. The zero-order valence-electron chi connectivity index (χ0n) is 21.6. The summed E-state index contributed by atoms with van der Waals surface area (Å²) in [6, 6.07) is 35.9. The second-order valence-electron chi connectivity index (χ2n) is 8.94. The molecular weight excluding hydrogens is 492 g/mol. The molecule has 0 saturated heterocycles. The van der Waals surface area contributed by atoms with Crippen LogP contribution in [0.25, 0.3) is 0 Å². The van der Waals surface area contributed by atoms with Crippen LogP contribution in [0.1, 0.15) is 28.4 Å². The summed E-state index contributed by atoms with van der Waals surface area (Å²) >= 11 is 0. The minimum absolute atomic E-state index is 0.00961. The number of alkyl carbamates (subject to hydrolysis) is 1. The second kappa shape index (κ2) is 14.5. The standard InChI is InChI=1S/C32H32N2O5/c33-21-30(31(35)38-28-17-8-3-9-18-28)37-23-26-14-10-13-25(19-26)22-34-32(36)39-29(27-15-6-2-7-16-27)20-24-11-4-1-5-12-24/h1-19,29-30H,20-23,33H2,(H,34,36). The molecule has 4 rings (SSSR count). The van der Waals surface area contributed by atoms with Gasteiger partial charge in [0.2, 0.25) is 0 Å². The Morgan fingerprint density at radius 1 is 0.744 bits per heavy atom. The van der Waals surface area contributed by atoms with Crippen LogP contribution in [0, 0.1) is 0 Å². The maximum Gasteiger partial charge on any atom is 0.408 e. The average Bonchev–Trinajstić information content (AvgIpc) is 2.98. The first-order valence-electron chi connectivity index (χ1n) is 12.8. The van der Waals surface area contributed by atoms with Gasteiger partial charge >= 0.3 is 12.1 Å². The maximum absolute atomic E-state index is 12.7. The summed E-state index contributed by atoms with van der Waals surface area (Å²) in [6.45, 7) is 0.428. The zero-order chi connectivity index (χ0) is 27.3. The fraction of sp³-hybridized carbons (Fsp3) is 0.188. The molecule has 0 heterocycles. The van der Waals surface area contributed by atoms with Crippen molar-refractivity contribution in [2.24, 2.45) is 5.73 Å². The minimum Gasteiger partial charge on any atom is -0.441 e. The van der Waals surface area contributed by atoms with Gasteiger partial charge in [-0.3, -0.25) is 0 Å². The number of carbonyl (C=O) groups excluding carboxylic acids is 2. The summed E-state index contributed by atoms with van der Waals surface area (Å²) in [5.41, 5.74) is 9.45. The van der Waals surface area contributed by atoms with Gasteiger partial charge in [0.05, 0.1) is 6.61 Å². The van der Waals surface area contributed by atoms with Crippen molar-refractivity contribution >= 4 is 12.1 Å². The fourth-order valence-corrected chi connectivity index (χ4v) is 4.00. The number of amides is 1. The van der Waals surface area contributed by atoms with Gasteiger partial charge in [-0.2, -0.15) is 0 Å². The molecular formula is C32H32N2O5. The maximum atomic E-state index is 12.7. The molecule has 0 spiro atoms. The Balaban J connectivity index is 1.30. The molecule has 3 N–H and O–H groups in total. The number of hydrogen-bond donors (Lipinski definition) is 2. The van der Waals surface area contributed by atoms with E-state index in [1.165, 1.54) is 0 Å². The van der Waals surface area contributed by atoms with Crippen LogP contribution >= 0.6 is 0 Å². The molecule has 200 valence electrons. The quantitative estimate of drug-likeness (QED) is 0.192. The molecule has 4 aromatic rings. The van der Waals surface area contributed by atoms with Crippen molar-refractivity contribution in [3.8, 4) is 5.75 Å². The lowest BCUT2D eigenvalue weighted by Gasteiger charge is -2.19. The fourth-order valence-electron chi connectivity index (χ4n) is 4.00. The van der Waals surface area contributed by atoms with Crippen LogP contribution in [0.2, 0.25) is 0 Å². The van der Waals surface area contributed by atoms with Gasteiger partial charge in [0.1, 0.15) is 11.9 Å². The highest BCUT2D eigenvalue weighted by atomic mass is 16.6. The van der Waals surface area contributed by atoms with E-state index in [0.717, 1.165) is 22.3 Å². The summed E-state index contributed by atoms with van der Waals surface area (Å²) in [7, 11) is 0. The average molecular weight is 525 g/mol. The topological polar surface area (TPSA) is 99.9 Å². The Kier molecular flexibility index (Phi) is 10.2. The van der Waals surface area contributed by atoms with Crippen molar-refractivity contribution in [3.63, 3.8) is 0 Å². The van der Waals surface area contributed by atoms with Crippen LogP contribution in [0.15, 0.2) is 115 Å². The molecule has 0 fully saturated rings. The third-order valence-corrected chi connectivity index (χ3v) is 6.00. The number of benzene rings is 4. The van der Waals surface area contributed by atoms with Crippen LogP contribution in [0.4, 0.5) is 4.79 Å². The molecule has 39 heavy (non-hydrogen) atoms. The van der Waals surface area contributed by atoms with Crippen molar-refractivity contribution < 1.29 is 23.8 Å². The Morgan fingerprint density at radius 2 is 1.36 bits per heavy atom. The lowest BCUT2D eigenvalue weighted by Crippen LogP contribution is -2.35. The molecule has 0 aliphatic carbocycles. The summed E-state index contributed by atoms with van der Waals surface area (Å²) < 4.78 is 16.9. The minimum atomic E-state index is -0.901. The molecule has 2 unspecified atom stereocenters. The lowest BCUT2D eigenvalue weighted by molar-refractivity contribution is -0.147. The molecule has 7 heteroatoms. The SMILES string of the molecule is NCC(OCc1cccc(CNC(=O)OC(Cc2ccccc2)c2ccccc2)c1)C(=O)Oc1ccccc1. The number of hydrogen-bond acceptors (Lipinski definition) is 6. The molecule has 1 amide bonds. The van der Waals surface area contributed by atoms with Crippen LogP contribution < -0.4 is 15.8 Å². The van der Waals surface area contributed by atoms with Crippen molar-refractivity contribution in [2.45, 2.75) is 31.8 Å². The molecule has 0 aromatic heterocycles. The van der Waals surface area contributed by atoms with Crippen LogP contribution in [-0.2, 0) is 33.8 Å². The Hall–Kier alpha value is -4.46. The summed E-state index contributed by atoms with van der Waals surface area (Å²) in [4.78, 5) is 25.2. The molecule has 0 aliphatic rings. The molecule has 4 aromatic carbocycles. The summed E-state index contributed by atoms with van der Waals surface area (Å²) in [6.07, 6.45) is -1.26. The highest BCUT2D eigenvalue weighted by molar-refractivity contribution is 5.77. The molecule has 7 nitrogen and oxygen atoms in total. The highest BCUT2D eigenvalue weighted by Crippen LogP contribution is 2.22. The van der Waals surface area contributed by atoms with Gasteiger partial charge in [0, 0.05) is 19.5 Å². The second-order valence-corrected chi connectivity index (χ2v) is 8.94. The lowest BCUT2D eigenvalue weighted by atomic mass is 10.0. The van der Waals surface area contributed by atoms with E-state index in [9.17, 15) is 9.59 Å². The van der Waals surface area contributed by atoms with E-state index in [-0.39, 0.29) is 19.7 Å². The first kappa shape index (κ1) is 27.6. The van der Waals surface area contributed by atoms with E-state index in [1.54, 1.807) is 24.3 Å². The number of carbonyl (C=O) groups is 2. The van der Waals surface area contributed by atoms with Crippen LogP contribution in [0.3, 0.4) is 0 Å². The number of nitrogens with one attached hydrogen (secondary N) is 1. The van der Waals surface area contributed by atoms with Gasteiger partial charge in [-0.25, -0.2) is 9.59 Å². The molecule has 2 atom stereocenters. The van der Waals surface area contributed by atoms with E-state index >= 15 is 0 Å². The molecule has 0 radical (unpaired) electrons. The Labute approximate surface area is 228 Å². The molecule has 0 aliphatic heterocycles. The number of nitrogens with two attached hydrogens (primary N) is 1. The monoisotopic (exact) mass is 524 g/mol. The van der Waals surface area contributed by atoms with Gasteiger partial charge in [0.15, 0.2) is 6.10 Å². The van der Waals surface area contributed by atoms with E-state index in [2.05, 4.69) is 5.32 Å². The molecule has 0 saturated carbocycles. The number of ether oxygens (including phenoxy) is 3. The highest BCUT2D eigenvalue weighted by Gasteiger charge is 2.20. The van der Waals surface area contributed by atoms with Crippen molar-refractivity contribution in [2.75, 3.05) is 6.54 Å². The van der Waals surface area contributed by atoms with Crippen LogP contribution in [0.5, 0.6) is 5.75 Å². The van der Waals surface area contributed by atoms with Crippen molar-refractivity contribution in [3.05, 3.63) is 138 Å². The largest absolute Gasteiger partial charge is 0.441 e. The molecule has 0 bridgehead atoms. The smallest absolute Gasteiger partial charge is 0.408 e. The van der Waals surface area contributed by atoms with E-state index in [4.69, 9.17) is 19.9 Å². The first-order valence-corrected chi connectivity index (χ1v) is 12.8. The third kappa shape index (κ3) is 8.81. The number of esters is 1. The van der Waals surface area contributed by atoms with Crippen molar-refractivity contribution in [1.82, 2.24) is 5.32 Å². The Bertz CT molecular complexity index is 1320. The van der Waals surface area contributed by atoms with E-state index < -0.39 is 24.3 Å². The normalized spacial score (nSPS) is 12.2. The third-order valence-electron chi connectivity index (χ3n) is 6.00. The predicted octanol–water partition coefficient (Wildman–Crippen LogP) is 5.35. The number of rotatable bonds is 12. The van der Waals surface area contributed by atoms with Gasteiger partial charge in [0.25, 0.3) is 0 Å². The van der Waals surface area contributed by atoms with Gasteiger partial charge < -0.3 is 25.3 Å². The van der Waals surface area contributed by atoms with E-state index in [1.807, 2.05) is 91.0 Å². The van der Waals surface area contributed by atoms with E-state index in [0.29, 0.717) is 12.2 Å². The summed E-state index contributed by atoms with van der Waals surface area (Å²) in [5, 5.41) is 2.84. The first-order chi connectivity index (χ1) is 19.1. The zero-order valence-corrected chi connectivity index (χ0v) is 21.6. The number of para-hydroxylation sites is 1. The Morgan fingerprint density at radius 3 is 2.05 bits per heavy atom. The van der Waals surface area contributed by atoms with Crippen LogP contribution in [-0.4, -0.2) is 24.7 Å². The van der Waals surface area contributed by atoms with Gasteiger partial charge in [-0.1, -0.05) is 103 Å². The van der Waals surface area contributed by atoms with Gasteiger partial charge in [-0.05, 0) is 34.4 Å². The van der Waals surface area contributed by atoms with Crippen molar-refractivity contribution in [1.29, 1.82) is 0 Å².